The van der Waals surface area contributed by atoms with Gasteiger partial charge in [0.15, 0.2) is 0 Å². The molecular formula is C10H19NO3S. The third-order valence-electron chi connectivity index (χ3n) is 3.62. The minimum Gasteiger partial charge on any atom is -0.396 e. The minimum absolute atomic E-state index is 0.265. The summed E-state index contributed by atoms with van der Waals surface area (Å²) in [5.74, 6) is 1.10. The summed E-state index contributed by atoms with van der Waals surface area (Å²) in [6.07, 6.45) is 2.61. The van der Waals surface area contributed by atoms with E-state index in [1.54, 1.807) is 0 Å². The Morgan fingerprint density at radius 3 is 2.40 bits per heavy atom. The molecule has 2 saturated heterocycles. The first-order valence-electron chi connectivity index (χ1n) is 5.66. The van der Waals surface area contributed by atoms with Gasteiger partial charge in [0.05, 0.1) is 11.5 Å². The Labute approximate surface area is 91.2 Å². The summed E-state index contributed by atoms with van der Waals surface area (Å²) in [7, 11) is -2.74. The van der Waals surface area contributed by atoms with Crippen molar-refractivity contribution in [3.05, 3.63) is 0 Å². The summed E-state index contributed by atoms with van der Waals surface area (Å²) in [6, 6.07) is 0.435. The van der Waals surface area contributed by atoms with Crippen LogP contribution in [0.2, 0.25) is 0 Å². The third kappa shape index (κ3) is 2.71. The molecule has 0 amide bonds. The van der Waals surface area contributed by atoms with Gasteiger partial charge in [-0.15, -0.1) is 0 Å². The highest BCUT2D eigenvalue weighted by atomic mass is 32.2. The lowest BCUT2D eigenvalue weighted by molar-refractivity contribution is 0.190. The van der Waals surface area contributed by atoms with Crippen LogP contribution in [0.25, 0.3) is 0 Å². The lowest BCUT2D eigenvalue weighted by Gasteiger charge is -2.30. The lowest BCUT2D eigenvalue weighted by atomic mass is 10.1. The van der Waals surface area contributed by atoms with Gasteiger partial charge in [0.2, 0.25) is 0 Å². The minimum atomic E-state index is -2.74. The average molecular weight is 233 g/mol. The predicted molar refractivity (Wildman–Crippen MR) is 58.4 cm³/mol. The van der Waals surface area contributed by atoms with Crippen LogP contribution in [0.1, 0.15) is 19.3 Å². The van der Waals surface area contributed by atoms with Crippen LogP contribution in [0.15, 0.2) is 0 Å². The molecule has 0 radical (unpaired) electrons. The molecule has 15 heavy (non-hydrogen) atoms. The molecule has 1 atom stereocenters. The molecule has 0 aromatic rings. The molecule has 4 nitrogen and oxygen atoms in total. The summed E-state index contributed by atoms with van der Waals surface area (Å²) in [6.45, 7) is 2.23. The summed E-state index contributed by atoms with van der Waals surface area (Å²) in [5.41, 5.74) is 0. The van der Waals surface area contributed by atoms with Crippen molar-refractivity contribution in [3.8, 4) is 0 Å². The Hall–Kier alpha value is -0.130. The molecule has 0 saturated carbocycles. The van der Waals surface area contributed by atoms with Crippen molar-refractivity contribution in [1.29, 1.82) is 0 Å². The van der Waals surface area contributed by atoms with Gasteiger partial charge in [-0.3, -0.25) is 4.90 Å². The van der Waals surface area contributed by atoms with E-state index >= 15 is 0 Å². The predicted octanol–water partition coefficient (Wildman–Crippen LogP) is -0.122. The number of nitrogens with zero attached hydrogens (tertiary/aromatic N) is 1. The van der Waals surface area contributed by atoms with Crippen LogP contribution in [0.5, 0.6) is 0 Å². The van der Waals surface area contributed by atoms with Crippen molar-refractivity contribution in [2.45, 2.75) is 25.3 Å². The molecule has 2 heterocycles. The molecule has 0 aliphatic carbocycles. The molecular weight excluding hydrogens is 214 g/mol. The number of hydrogen-bond donors (Lipinski definition) is 1. The molecule has 0 aromatic heterocycles. The van der Waals surface area contributed by atoms with Crippen LogP contribution in [-0.2, 0) is 9.84 Å². The molecule has 2 aliphatic rings. The van der Waals surface area contributed by atoms with E-state index in [-0.39, 0.29) is 6.61 Å². The number of aliphatic hydroxyl groups excluding tert-OH is 1. The maximum Gasteiger partial charge on any atom is 0.150 e. The molecule has 1 unspecified atom stereocenters. The van der Waals surface area contributed by atoms with Gasteiger partial charge in [-0.1, -0.05) is 0 Å². The highest BCUT2D eigenvalue weighted by molar-refractivity contribution is 7.91. The monoisotopic (exact) mass is 233 g/mol. The lowest BCUT2D eigenvalue weighted by Crippen LogP contribution is -2.40. The van der Waals surface area contributed by atoms with Gasteiger partial charge in [-0.25, -0.2) is 8.42 Å². The highest BCUT2D eigenvalue weighted by Crippen LogP contribution is 2.24. The molecule has 0 spiro atoms. The van der Waals surface area contributed by atoms with E-state index < -0.39 is 9.84 Å². The van der Waals surface area contributed by atoms with Crippen molar-refractivity contribution < 1.29 is 13.5 Å². The fourth-order valence-corrected chi connectivity index (χ4v) is 4.05. The van der Waals surface area contributed by atoms with Crippen LogP contribution >= 0.6 is 0 Å². The van der Waals surface area contributed by atoms with Crippen LogP contribution in [-0.4, -0.2) is 55.7 Å². The Kier molecular flexibility index (Phi) is 3.33. The maximum atomic E-state index is 11.3. The van der Waals surface area contributed by atoms with Crippen molar-refractivity contribution >= 4 is 9.84 Å². The number of aliphatic hydroxyl groups is 1. The molecule has 2 rings (SSSR count). The fourth-order valence-electron chi connectivity index (χ4n) is 2.59. The average Bonchev–Trinajstić information content (AvgIpc) is 2.66. The molecule has 0 bridgehead atoms. The molecule has 2 aliphatic heterocycles. The van der Waals surface area contributed by atoms with Crippen molar-refractivity contribution in [2.75, 3.05) is 31.2 Å². The SMILES string of the molecule is O=S1(=O)CCC(N2CCC(CO)C2)CC1. The normalized spacial score (nSPS) is 33.3. The second-order valence-corrected chi connectivity index (χ2v) is 7.02. The Bertz CT molecular complexity index is 301. The Morgan fingerprint density at radius 1 is 1.20 bits per heavy atom. The summed E-state index contributed by atoms with van der Waals surface area (Å²) >= 11 is 0. The van der Waals surface area contributed by atoms with Gasteiger partial charge in [-0.2, -0.15) is 0 Å². The topological polar surface area (TPSA) is 57.6 Å². The molecule has 1 N–H and O–H groups in total. The highest BCUT2D eigenvalue weighted by Gasteiger charge is 2.32. The van der Waals surface area contributed by atoms with E-state index in [0.29, 0.717) is 23.5 Å². The second kappa shape index (κ2) is 4.39. The number of likely N-dealkylation sites (tertiary alicyclic amines) is 1. The number of sulfone groups is 1. The van der Waals surface area contributed by atoms with Crippen LogP contribution in [0.3, 0.4) is 0 Å². The molecule has 5 heteroatoms. The molecule has 88 valence electrons. The van der Waals surface area contributed by atoms with Gasteiger partial charge >= 0.3 is 0 Å². The first kappa shape index (κ1) is 11.4. The van der Waals surface area contributed by atoms with E-state index in [9.17, 15) is 8.42 Å². The van der Waals surface area contributed by atoms with Crippen molar-refractivity contribution in [3.63, 3.8) is 0 Å². The maximum absolute atomic E-state index is 11.3. The van der Waals surface area contributed by atoms with E-state index in [4.69, 9.17) is 5.11 Å². The van der Waals surface area contributed by atoms with Crippen molar-refractivity contribution in [1.82, 2.24) is 4.90 Å². The zero-order valence-corrected chi connectivity index (χ0v) is 9.75. The van der Waals surface area contributed by atoms with Gasteiger partial charge in [0.1, 0.15) is 9.84 Å². The van der Waals surface area contributed by atoms with Crippen molar-refractivity contribution in [2.24, 2.45) is 5.92 Å². The largest absolute Gasteiger partial charge is 0.396 e. The van der Waals surface area contributed by atoms with Gasteiger partial charge in [0, 0.05) is 19.2 Å². The summed E-state index contributed by atoms with van der Waals surface area (Å²) < 4.78 is 22.5. The number of hydrogen-bond acceptors (Lipinski definition) is 4. The number of rotatable bonds is 2. The van der Waals surface area contributed by atoms with Gasteiger partial charge in [0.25, 0.3) is 0 Å². The smallest absolute Gasteiger partial charge is 0.150 e. The Balaban J connectivity index is 1.86. The van der Waals surface area contributed by atoms with E-state index in [1.165, 1.54) is 0 Å². The quantitative estimate of drug-likeness (QED) is 0.722. The van der Waals surface area contributed by atoms with Crippen LogP contribution in [0.4, 0.5) is 0 Å². The molecule has 0 aromatic carbocycles. The second-order valence-electron chi connectivity index (χ2n) is 4.72. The van der Waals surface area contributed by atoms with E-state index in [0.717, 1.165) is 32.4 Å². The zero-order chi connectivity index (χ0) is 10.9. The van der Waals surface area contributed by atoms with E-state index in [1.807, 2.05) is 0 Å². The standard InChI is InChI=1S/C10H19NO3S/c12-8-9-1-4-11(7-9)10-2-5-15(13,14)6-3-10/h9-10,12H,1-8H2. The fraction of sp³-hybridized carbons (Fsp3) is 1.00. The Morgan fingerprint density at radius 2 is 1.87 bits per heavy atom. The van der Waals surface area contributed by atoms with E-state index in [2.05, 4.69) is 4.90 Å². The van der Waals surface area contributed by atoms with Crippen LogP contribution in [0, 0.1) is 5.92 Å². The van der Waals surface area contributed by atoms with Crippen LogP contribution < -0.4 is 0 Å². The molecule has 2 fully saturated rings. The first-order chi connectivity index (χ1) is 7.11. The summed E-state index contributed by atoms with van der Waals surface area (Å²) in [4.78, 5) is 2.36. The summed E-state index contributed by atoms with van der Waals surface area (Å²) in [5, 5.41) is 9.04. The third-order valence-corrected chi connectivity index (χ3v) is 5.33. The van der Waals surface area contributed by atoms with Gasteiger partial charge < -0.3 is 5.11 Å². The zero-order valence-electron chi connectivity index (χ0n) is 8.93. The van der Waals surface area contributed by atoms with Gasteiger partial charge in [-0.05, 0) is 31.7 Å². The first-order valence-corrected chi connectivity index (χ1v) is 7.48.